The molecule has 2 atom stereocenters. The molecule has 0 bridgehead atoms. The maximum absolute atomic E-state index is 13.6. The molecule has 3 N–H and O–H groups in total. The van der Waals surface area contributed by atoms with Gasteiger partial charge in [-0.05, 0) is 72.9 Å². The van der Waals surface area contributed by atoms with Crippen molar-refractivity contribution in [3.63, 3.8) is 0 Å². The maximum Gasteiger partial charge on any atom is 0.290 e. The van der Waals surface area contributed by atoms with E-state index in [9.17, 15) is 38.6 Å². The van der Waals surface area contributed by atoms with Crippen LogP contribution in [0, 0.1) is 19.7 Å². The summed E-state index contributed by atoms with van der Waals surface area (Å²) in [6.45, 7) is 4.60. The van der Waals surface area contributed by atoms with Crippen molar-refractivity contribution in [1.82, 2.24) is 15.1 Å². The molecule has 0 saturated carbocycles. The van der Waals surface area contributed by atoms with Crippen molar-refractivity contribution in [3.8, 4) is 5.75 Å². The number of carboxylic acid groups (broad SMARTS) is 1. The summed E-state index contributed by atoms with van der Waals surface area (Å²) < 4.78 is 15.2. The molecule has 4 heterocycles. The van der Waals surface area contributed by atoms with Crippen LogP contribution in [0.25, 0.3) is 0 Å². The number of nitrogens with one attached hydrogen (secondary N) is 2. The van der Waals surface area contributed by atoms with Gasteiger partial charge in [0.2, 0.25) is 18.4 Å². The van der Waals surface area contributed by atoms with Gasteiger partial charge in [-0.25, -0.2) is 4.39 Å². The second kappa shape index (κ2) is 15.0. The van der Waals surface area contributed by atoms with Gasteiger partial charge in [0.25, 0.3) is 11.8 Å². The van der Waals surface area contributed by atoms with Gasteiger partial charge in [0.1, 0.15) is 11.4 Å². The Labute approximate surface area is 301 Å². The van der Waals surface area contributed by atoms with E-state index in [1.165, 1.54) is 35.7 Å². The van der Waals surface area contributed by atoms with Gasteiger partial charge in [-0.15, -0.1) is 23.5 Å². The largest absolute Gasteiger partial charge is 0.543 e. The summed E-state index contributed by atoms with van der Waals surface area (Å²) in [5.41, 5.74) is 3.61. The van der Waals surface area contributed by atoms with E-state index in [0.717, 1.165) is 38.6 Å². The van der Waals surface area contributed by atoms with Crippen LogP contribution in [0.1, 0.15) is 23.1 Å². The van der Waals surface area contributed by atoms with E-state index in [-0.39, 0.29) is 47.8 Å². The average Bonchev–Trinajstić information content (AvgIpc) is 3.42. The lowest BCUT2D eigenvalue weighted by atomic mass is 10.0. The zero-order chi connectivity index (χ0) is 36.4. The summed E-state index contributed by atoms with van der Waals surface area (Å²) in [6.07, 6.45) is 5.28. The number of benzene rings is 2. The third kappa shape index (κ3) is 8.10. The van der Waals surface area contributed by atoms with Crippen molar-refractivity contribution in [2.24, 2.45) is 0 Å². The SMILES string of the molecule is Cc1cc(C)cc(SCC(=O)N[C@@H]2C(=O)N3C(C(=O)[O-])=C(C=C4CCN(Cc5cc[n+](CC(=O)Nc6ccc(O)c(F)c6)cc5)C4=O)CS[C@H]23)c1. The molecule has 1 aromatic heterocycles. The minimum atomic E-state index is -1.53. The van der Waals surface area contributed by atoms with Crippen LogP contribution in [0.3, 0.4) is 0 Å². The molecule has 4 amide bonds. The number of phenols is 1. The fourth-order valence-corrected chi connectivity index (χ4v) is 8.38. The van der Waals surface area contributed by atoms with Crippen LogP contribution in [0.2, 0.25) is 0 Å². The number of carbonyl (C=O) groups is 5. The Hall–Kier alpha value is -5.15. The van der Waals surface area contributed by atoms with Crippen molar-refractivity contribution in [2.75, 3.05) is 23.4 Å². The number of likely N-dealkylation sites (tertiary alicyclic amines) is 1. The van der Waals surface area contributed by atoms with E-state index in [1.807, 2.05) is 32.0 Å². The molecule has 6 rings (SSSR count). The van der Waals surface area contributed by atoms with Gasteiger partial charge in [-0.2, -0.15) is 4.57 Å². The summed E-state index contributed by atoms with van der Waals surface area (Å²) in [5, 5.41) is 26.3. The van der Waals surface area contributed by atoms with Gasteiger partial charge >= 0.3 is 0 Å². The second-order valence-electron chi connectivity index (χ2n) is 12.5. The molecule has 12 nitrogen and oxygen atoms in total. The second-order valence-corrected chi connectivity index (χ2v) is 14.6. The number of phenolic OH excluding ortho intramolecular Hbond substituents is 1. The number of β-lactam (4-membered cyclic amide) rings is 1. The van der Waals surface area contributed by atoms with Crippen molar-refractivity contribution in [1.29, 1.82) is 0 Å². The highest BCUT2D eigenvalue weighted by atomic mass is 32.2. The van der Waals surface area contributed by atoms with Gasteiger partial charge in [0.15, 0.2) is 24.0 Å². The number of aryl methyl sites for hydroxylation is 2. The highest BCUT2D eigenvalue weighted by Crippen LogP contribution is 2.41. The molecule has 0 unspecified atom stereocenters. The number of amides is 4. The monoisotopic (exact) mass is 731 g/mol. The Morgan fingerprint density at radius 2 is 1.80 bits per heavy atom. The number of carbonyl (C=O) groups excluding carboxylic acids is 5. The summed E-state index contributed by atoms with van der Waals surface area (Å²) in [7, 11) is 0. The average molecular weight is 732 g/mol. The summed E-state index contributed by atoms with van der Waals surface area (Å²) >= 11 is 2.68. The number of aromatic hydroxyl groups is 1. The Morgan fingerprint density at radius 3 is 2.49 bits per heavy atom. The molecule has 51 heavy (non-hydrogen) atoms. The quantitative estimate of drug-likeness (QED) is 0.0880. The highest BCUT2D eigenvalue weighted by Gasteiger charge is 2.52. The highest BCUT2D eigenvalue weighted by molar-refractivity contribution is 8.00. The first kappa shape index (κ1) is 35.7. The molecular weight excluding hydrogens is 698 g/mol. The van der Waals surface area contributed by atoms with E-state index < -0.39 is 40.8 Å². The van der Waals surface area contributed by atoms with E-state index in [2.05, 4.69) is 10.6 Å². The standard InChI is InChI=1S/C36H34FN5O7S2/c1-20-11-21(2)13-26(12-20)50-19-30(45)39-31-34(47)42-32(36(48)49)24(18-51-35(31)42)14-23-7-10-41(33(23)46)16-22-5-8-40(9-6-22)17-29(44)38-25-3-4-28(43)27(37)15-25/h3-6,8-9,11-15,31,35H,7,10,16-19H2,1-2H3,(H3-,38,39,43,44,45,48,49)/t31-,35-/m1/s1. The number of pyridine rings is 1. The number of carboxylic acids is 1. The molecule has 3 aromatic rings. The number of anilines is 1. The molecule has 15 heteroatoms. The normalized spacial score (nSPS) is 19.2. The van der Waals surface area contributed by atoms with E-state index in [1.54, 1.807) is 34.0 Å². The summed E-state index contributed by atoms with van der Waals surface area (Å²) in [6, 6.07) is 12.2. The van der Waals surface area contributed by atoms with Gasteiger partial charge in [0.05, 0.1) is 17.4 Å². The predicted octanol–water partition coefficient (Wildman–Crippen LogP) is 1.93. The number of halogens is 1. The first-order valence-corrected chi connectivity index (χ1v) is 18.1. The lowest BCUT2D eigenvalue weighted by Gasteiger charge is -2.50. The molecular formula is C36H34FN5O7S2. The Kier molecular flexibility index (Phi) is 10.5. The van der Waals surface area contributed by atoms with Crippen molar-refractivity contribution < 1.29 is 43.1 Å². The molecule has 2 fully saturated rings. The van der Waals surface area contributed by atoms with Crippen LogP contribution in [-0.4, -0.2) is 74.0 Å². The number of rotatable bonds is 11. The fourth-order valence-electron chi connectivity index (χ4n) is 6.16. The van der Waals surface area contributed by atoms with Crippen LogP contribution >= 0.6 is 23.5 Å². The lowest BCUT2D eigenvalue weighted by molar-refractivity contribution is -0.684. The molecule has 3 aliphatic heterocycles. The predicted molar refractivity (Wildman–Crippen MR) is 185 cm³/mol. The van der Waals surface area contributed by atoms with Crippen LogP contribution in [0.4, 0.5) is 10.1 Å². The van der Waals surface area contributed by atoms with Crippen LogP contribution < -0.4 is 20.3 Å². The Bertz CT molecular complexity index is 1980. The molecule has 2 saturated heterocycles. The van der Waals surface area contributed by atoms with E-state index >= 15 is 0 Å². The number of aliphatic carboxylic acids is 1. The van der Waals surface area contributed by atoms with Gasteiger partial charge in [0, 0.05) is 53.2 Å². The molecule has 0 radical (unpaired) electrons. The zero-order valence-corrected chi connectivity index (χ0v) is 29.3. The molecule has 264 valence electrons. The number of hydrogen-bond donors (Lipinski definition) is 3. The summed E-state index contributed by atoms with van der Waals surface area (Å²) in [5.74, 6) is -4.10. The summed E-state index contributed by atoms with van der Waals surface area (Å²) in [4.78, 5) is 67.5. The number of hydrogen-bond acceptors (Lipinski definition) is 9. The maximum atomic E-state index is 13.6. The third-order valence-electron chi connectivity index (χ3n) is 8.53. The van der Waals surface area contributed by atoms with Crippen LogP contribution in [0.15, 0.2) is 88.7 Å². The minimum absolute atomic E-state index is 0.0491. The minimum Gasteiger partial charge on any atom is -0.543 e. The number of allylic oxidation sites excluding steroid dienone is 1. The number of nitrogens with zero attached hydrogens (tertiary/aromatic N) is 3. The first-order valence-electron chi connectivity index (χ1n) is 16.0. The third-order valence-corrected chi connectivity index (χ3v) is 10.8. The Balaban J connectivity index is 1.04. The number of fused-ring (bicyclic) bond motifs is 1. The van der Waals surface area contributed by atoms with Crippen molar-refractivity contribution >= 4 is 58.8 Å². The molecule has 3 aliphatic rings. The number of thioether (sulfide) groups is 2. The smallest absolute Gasteiger partial charge is 0.290 e. The molecule has 2 aromatic carbocycles. The van der Waals surface area contributed by atoms with Gasteiger partial charge in [-0.1, -0.05) is 6.07 Å². The molecule has 0 aliphatic carbocycles. The number of aromatic nitrogens is 1. The lowest BCUT2D eigenvalue weighted by Crippen LogP contribution is -2.71. The van der Waals surface area contributed by atoms with E-state index in [4.69, 9.17) is 0 Å². The van der Waals surface area contributed by atoms with E-state index in [0.29, 0.717) is 24.1 Å². The Morgan fingerprint density at radius 1 is 1.08 bits per heavy atom. The topological polar surface area (TPSA) is 163 Å². The molecule has 0 spiro atoms. The fraction of sp³-hybridized carbons (Fsp3) is 0.278. The van der Waals surface area contributed by atoms with Gasteiger partial charge in [-0.3, -0.25) is 24.1 Å². The van der Waals surface area contributed by atoms with Crippen LogP contribution in [-0.2, 0) is 37.1 Å². The zero-order valence-electron chi connectivity index (χ0n) is 27.7. The van der Waals surface area contributed by atoms with Gasteiger partial charge < -0.3 is 30.5 Å². The van der Waals surface area contributed by atoms with Crippen molar-refractivity contribution in [3.05, 3.63) is 106 Å². The first-order chi connectivity index (χ1) is 24.4. The van der Waals surface area contributed by atoms with Crippen LogP contribution in [0.5, 0.6) is 5.75 Å². The van der Waals surface area contributed by atoms with Crippen molar-refractivity contribution in [2.45, 2.75) is 49.7 Å².